The second kappa shape index (κ2) is 6.51. The lowest BCUT2D eigenvalue weighted by Gasteiger charge is -2.29. The third kappa shape index (κ3) is 3.05. The number of amides is 1. The molecule has 1 aliphatic rings. The average molecular weight is 341 g/mol. The predicted molar refractivity (Wildman–Crippen MR) is 86.3 cm³/mol. The molecule has 6 nitrogen and oxygen atoms in total. The molecule has 3 aromatic rings. The van der Waals surface area contributed by atoms with Crippen LogP contribution in [-0.2, 0) is 0 Å². The van der Waals surface area contributed by atoms with Crippen molar-refractivity contribution in [3.8, 4) is 11.4 Å². The fourth-order valence-corrected chi connectivity index (χ4v) is 3.04. The zero-order chi connectivity index (χ0) is 17.2. The quantitative estimate of drug-likeness (QED) is 0.729. The number of likely N-dealkylation sites (tertiary alicyclic amines) is 1. The van der Waals surface area contributed by atoms with Gasteiger partial charge in [-0.2, -0.15) is 4.98 Å². The van der Waals surface area contributed by atoms with Crippen LogP contribution in [0.2, 0.25) is 0 Å². The van der Waals surface area contributed by atoms with Crippen LogP contribution in [0.5, 0.6) is 0 Å². The number of carbonyl (C=O) groups excluding carboxylic acids is 1. The van der Waals surface area contributed by atoms with Gasteiger partial charge in [-0.1, -0.05) is 17.3 Å². The minimum Gasteiger partial charge on any atom is -0.459 e. The predicted octanol–water partition coefficient (Wildman–Crippen LogP) is 3.49. The summed E-state index contributed by atoms with van der Waals surface area (Å²) in [4.78, 5) is 18.4. The second-order valence-corrected chi connectivity index (χ2v) is 5.98. The molecular weight excluding hydrogens is 325 g/mol. The molecule has 4 rings (SSSR count). The van der Waals surface area contributed by atoms with E-state index in [0.717, 1.165) is 0 Å². The number of aromatic nitrogens is 2. The highest BCUT2D eigenvalue weighted by molar-refractivity contribution is 5.91. The van der Waals surface area contributed by atoms with Gasteiger partial charge in [0.1, 0.15) is 5.82 Å². The van der Waals surface area contributed by atoms with Crippen molar-refractivity contribution in [2.45, 2.75) is 18.8 Å². The Bertz CT molecular complexity index is 867. The SMILES string of the molecule is O=C(c1ccco1)N1CCC(c2nc(-c3ccccc3F)no2)CC1. The molecule has 0 bridgehead atoms. The van der Waals surface area contributed by atoms with Gasteiger partial charge in [0.15, 0.2) is 5.76 Å². The lowest BCUT2D eigenvalue weighted by molar-refractivity contribution is 0.0672. The smallest absolute Gasteiger partial charge is 0.289 e. The molecule has 0 aliphatic carbocycles. The number of halogens is 1. The number of rotatable bonds is 3. The molecule has 0 saturated carbocycles. The molecule has 0 unspecified atom stereocenters. The van der Waals surface area contributed by atoms with E-state index in [2.05, 4.69) is 10.1 Å². The van der Waals surface area contributed by atoms with Crippen LogP contribution in [-0.4, -0.2) is 34.0 Å². The van der Waals surface area contributed by atoms with Crippen molar-refractivity contribution in [3.63, 3.8) is 0 Å². The van der Waals surface area contributed by atoms with Crippen LogP contribution in [0.3, 0.4) is 0 Å². The highest BCUT2D eigenvalue weighted by Crippen LogP contribution is 2.29. The summed E-state index contributed by atoms with van der Waals surface area (Å²) in [6.07, 6.45) is 2.92. The summed E-state index contributed by atoms with van der Waals surface area (Å²) in [5.41, 5.74) is 0.322. The Kier molecular flexibility index (Phi) is 4.05. The molecule has 2 aromatic heterocycles. The van der Waals surface area contributed by atoms with E-state index in [9.17, 15) is 9.18 Å². The average Bonchev–Trinajstić information content (AvgIpc) is 3.34. The molecule has 1 amide bonds. The fraction of sp³-hybridized carbons (Fsp3) is 0.278. The van der Waals surface area contributed by atoms with Gasteiger partial charge in [-0.25, -0.2) is 4.39 Å². The van der Waals surface area contributed by atoms with Crippen LogP contribution in [0.25, 0.3) is 11.4 Å². The molecule has 1 aromatic carbocycles. The van der Waals surface area contributed by atoms with Crippen LogP contribution >= 0.6 is 0 Å². The lowest BCUT2D eigenvalue weighted by Crippen LogP contribution is -2.37. The van der Waals surface area contributed by atoms with Crippen LogP contribution in [0, 0.1) is 5.82 Å². The number of hydrogen-bond donors (Lipinski definition) is 0. The molecule has 1 aliphatic heterocycles. The van der Waals surface area contributed by atoms with Gasteiger partial charge in [0.05, 0.1) is 11.8 Å². The normalized spacial score (nSPS) is 15.5. The van der Waals surface area contributed by atoms with Crippen molar-refractivity contribution >= 4 is 5.91 Å². The van der Waals surface area contributed by atoms with Gasteiger partial charge in [-0.15, -0.1) is 0 Å². The highest BCUT2D eigenvalue weighted by atomic mass is 19.1. The minimum atomic E-state index is -0.381. The van der Waals surface area contributed by atoms with E-state index in [0.29, 0.717) is 43.1 Å². The molecule has 0 atom stereocenters. The van der Waals surface area contributed by atoms with Gasteiger partial charge in [0.25, 0.3) is 5.91 Å². The topological polar surface area (TPSA) is 72.4 Å². The third-order valence-electron chi connectivity index (χ3n) is 4.42. The Labute approximate surface area is 143 Å². The van der Waals surface area contributed by atoms with E-state index in [1.807, 2.05) is 0 Å². The van der Waals surface area contributed by atoms with Crippen molar-refractivity contribution in [2.24, 2.45) is 0 Å². The maximum atomic E-state index is 13.8. The van der Waals surface area contributed by atoms with Crippen molar-refractivity contribution in [2.75, 3.05) is 13.1 Å². The van der Waals surface area contributed by atoms with E-state index in [1.54, 1.807) is 35.2 Å². The first-order valence-corrected chi connectivity index (χ1v) is 8.13. The summed E-state index contributed by atoms with van der Waals surface area (Å²) in [5, 5.41) is 3.90. The Morgan fingerprint density at radius 2 is 1.96 bits per heavy atom. The van der Waals surface area contributed by atoms with Crippen LogP contribution in [0.4, 0.5) is 4.39 Å². The summed E-state index contributed by atoms with van der Waals surface area (Å²) < 4.78 is 24.3. The van der Waals surface area contributed by atoms with Gasteiger partial charge in [0.2, 0.25) is 11.7 Å². The molecule has 0 radical (unpaired) electrons. The summed E-state index contributed by atoms with van der Waals surface area (Å²) >= 11 is 0. The Morgan fingerprint density at radius 3 is 2.68 bits per heavy atom. The van der Waals surface area contributed by atoms with Crippen LogP contribution in [0.1, 0.15) is 35.2 Å². The van der Waals surface area contributed by atoms with Gasteiger partial charge in [-0.05, 0) is 37.1 Å². The van der Waals surface area contributed by atoms with Crippen molar-refractivity contribution in [3.05, 3.63) is 60.1 Å². The molecule has 128 valence electrons. The van der Waals surface area contributed by atoms with E-state index >= 15 is 0 Å². The van der Waals surface area contributed by atoms with Gasteiger partial charge < -0.3 is 13.8 Å². The molecule has 1 fully saturated rings. The molecule has 0 spiro atoms. The zero-order valence-electron chi connectivity index (χ0n) is 13.4. The number of piperidine rings is 1. The van der Waals surface area contributed by atoms with Crippen molar-refractivity contribution in [1.29, 1.82) is 0 Å². The van der Waals surface area contributed by atoms with Crippen molar-refractivity contribution in [1.82, 2.24) is 15.0 Å². The number of nitrogens with zero attached hydrogens (tertiary/aromatic N) is 3. The molecule has 1 saturated heterocycles. The molecule has 25 heavy (non-hydrogen) atoms. The molecular formula is C18H16FN3O3. The highest BCUT2D eigenvalue weighted by Gasteiger charge is 2.29. The zero-order valence-corrected chi connectivity index (χ0v) is 13.4. The maximum Gasteiger partial charge on any atom is 0.289 e. The van der Waals surface area contributed by atoms with E-state index < -0.39 is 0 Å². The monoisotopic (exact) mass is 341 g/mol. The first kappa shape index (κ1) is 15.6. The van der Waals surface area contributed by atoms with Crippen LogP contribution in [0.15, 0.2) is 51.6 Å². The molecule has 0 N–H and O–H groups in total. The van der Waals surface area contributed by atoms with E-state index in [4.69, 9.17) is 8.94 Å². The third-order valence-corrected chi connectivity index (χ3v) is 4.42. The Morgan fingerprint density at radius 1 is 1.16 bits per heavy atom. The summed E-state index contributed by atoms with van der Waals surface area (Å²) in [6.45, 7) is 1.17. The number of hydrogen-bond acceptors (Lipinski definition) is 5. The first-order valence-electron chi connectivity index (χ1n) is 8.13. The standard InChI is InChI=1S/C18H16FN3O3/c19-14-5-2-1-4-13(14)16-20-17(25-21-16)12-7-9-22(10-8-12)18(23)15-6-3-11-24-15/h1-6,11-12H,7-10H2. The Balaban J connectivity index is 1.43. The second-order valence-electron chi connectivity index (χ2n) is 5.98. The summed E-state index contributed by atoms with van der Waals surface area (Å²) in [5.74, 6) is 0.659. The maximum absolute atomic E-state index is 13.8. The lowest BCUT2D eigenvalue weighted by atomic mass is 9.96. The first-order chi connectivity index (χ1) is 12.2. The van der Waals surface area contributed by atoms with Crippen molar-refractivity contribution < 1.29 is 18.1 Å². The van der Waals surface area contributed by atoms with Gasteiger partial charge >= 0.3 is 0 Å². The minimum absolute atomic E-state index is 0.0636. The van der Waals surface area contributed by atoms with E-state index in [1.165, 1.54) is 12.3 Å². The molecule has 7 heteroatoms. The van der Waals surface area contributed by atoms with Crippen LogP contribution < -0.4 is 0 Å². The number of carbonyl (C=O) groups is 1. The van der Waals surface area contributed by atoms with Gasteiger partial charge in [-0.3, -0.25) is 4.79 Å². The van der Waals surface area contributed by atoms with Gasteiger partial charge in [0, 0.05) is 19.0 Å². The number of furan rings is 1. The Hall–Kier alpha value is -2.96. The summed E-state index contributed by atoms with van der Waals surface area (Å²) in [6, 6.07) is 9.69. The largest absolute Gasteiger partial charge is 0.459 e. The van der Waals surface area contributed by atoms with E-state index in [-0.39, 0.29) is 23.5 Å². The summed E-state index contributed by atoms with van der Waals surface area (Å²) in [7, 11) is 0. The fourth-order valence-electron chi connectivity index (χ4n) is 3.04. The molecule has 3 heterocycles. The number of benzene rings is 1.